The highest BCUT2D eigenvalue weighted by molar-refractivity contribution is 5.84. The number of benzene rings is 2. The Balaban J connectivity index is 1.69. The molecule has 0 aliphatic heterocycles. The largest absolute Gasteiger partial charge is 0.349 e. The van der Waals surface area contributed by atoms with Crippen LogP contribution in [0.25, 0.3) is 5.69 Å². The fourth-order valence-electron chi connectivity index (χ4n) is 3.17. The Morgan fingerprint density at radius 1 is 1.08 bits per heavy atom. The maximum Gasteiger partial charge on any atom is 0.228 e. The molecule has 0 spiro atoms. The number of hydrogen-bond donors (Lipinski definition) is 1. The van der Waals surface area contributed by atoms with Crippen molar-refractivity contribution in [1.82, 2.24) is 14.9 Å². The third kappa shape index (κ3) is 4.20. The van der Waals surface area contributed by atoms with Crippen LogP contribution in [-0.2, 0) is 4.79 Å². The molecule has 4 heteroatoms. The standard InChI is InChI=1S/C22H25N3O/c1-3-7-21(19-8-5-4-6-9-19)22(26)24-17(2)18-10-12-20(13-11-18)25-15-14-23-16-25/h4-6,8-17,21H,3,7H2,1-2H3,(H,24,26). The summed E-state index contributed by atoms with van der Waals surface area (Å²) in [5.74, 6) is -0.0156. The van der Waals surface area contributed by atoms with Crippen LogP contribution < -0.4 is 5.32 Å². The summed E-state index contributed by atoms with van der Waals surface area (Å²) in [6.45, 7) is 4.14. The van der Waals surface area contributed by atoms with Gasteiger partial charge in [0.25, 0.3) is 0 Å². The smallest absolute Gasteiger partial charge is 0.228 e. The monoisotopic (exact) mass is 347 g/mol. The van der Waals surface area contributed by atoms with E-state index in [-0.39, 0.29) is 17.9 Å². The summed E-state index contributed by atoms with van der Waals surface area (Å²) < 4.78 is 1.96. The van der Waals surface area contributed by atoms with E-state index in [2.05, 4.69) is 29.4 Å². The summed E-state index contributed by atoms with van der Waals surface area (Å²) in [5, 5.41) is 3.18. The van der Waals surface area contributed by atoms with E-state index in [1.54, 1.807) is 12.5 Å². The first-order valence-corrected chi connectivity index (χ1v) is 9.12. The van der Waals surface area contributed by atoms with E-state index >= 15 is 0 Å². The third-order valence-corrected chi connectivity index (χ3v) is 4.65. The van der Waals surface area contributed by atoms with Crippen molar-refractivity contribution in [3.8, 4) is 5.69 Å². The lowest BCUT2D eigenvalue weighted by Crippen LogP contribution is -2.31. The van der Waals surface area contributed by atoms with Crippen molar-refractivity contribution < 1.29 is 4.79 Å². The molecule has 0 fully saturated rings. The lowest BCUT2D eigenvalue weighted by Gasteiger charge is -2.21. The van der Waals surface area contributed by atoms with E-state index in [0.717, 1.165) is 29.7 Å². The molecular formula is C22H25N3O. The average molecular weight is 347 g/mol. The summed E-state index contributed by atoms with van der Waals surface area (Å²) in [4.78, 5) is 16.9. The summed E-state index contributed by atoms with van der Waals surface area (Å²) in [6.07, 6.45) is 7.27. The molecule has 3 aromatic rings. The zero-order chi connectivity index (χ0) is 18.4. The Morgan fingerprint density at radius 3 is 2.42 bits per heavy atom. The second kappa shape index (κ2) is 8.48. The Kier molecular flexibility index (Phi) is 5.84. The predicted octanol–water partition coefficient (Wildman–Crippen LogP) is 4.63. The van der Waals surface area contributed by atoms with Crippen LogP contribution >= 0.6 is 0 Å². The molecule has 1 N–H and O–H groups in total. The van der Waals surface area contributed by atoms with E-state index in [0.29, 0.717) is 0 Å². The van der Waals surface area contributed by atoms with Crippen LogP contribution in [0.5, 0.6) is 0 Å². The van der Waals surface area contributed by atoms with Gasteiger partial charge in [0.05, 0.1) is 18.3 Å². The third-order valence-electron chi connectivity index (χ3n) is 4.65. The Morgan fingerprint density at radius 2 is 1.81 bits per heavy atom. The van der Waals surface area contributed by atoms with Crippen molar-refractivity contribution in [2.45, 2.75) is 38.6 Å². The summed E-state index contributed by atoms with van der Waals surface area (Å²) in [5.41, 5.74) is 3.22. The SMILES string of the molecule is CCCC(C(=O)NC(C)c1ccc(-n2ccnc2)cc1)c1ccccc1. The zero-order valence-corrected chi connectivity index (χ0v) is 15.3. The molecule has 4 nitrogen and oxygen atoms in total. The van der Waals surface area contributed by atoms with Gasteiger partial charge >= 0.3 is 0 Å². The molecule has 134 valence electrons. The molecule has 1 heterocycles. The highest BCUT2D eigenvalue weighted by atomic mass is 16.1. The molecule has 0 saturated carbocycles. The number of hydrogen-bond acceptors (Lipinski definition) is 2. The van der Waals surface area contributed by atoms with Crippen molar-refractivity contribution >= 4 is 5.91 Å². The molecular weight excluding hydrogens is 322 g/mol. The maximum absolute atomic E-state index is 12.8. The number of carbonyl (C=O) groups excluding carboxylic acids is 1. The van der Waals surface area contributed by atoms with Crippen LogP contribution in [0.1, 0.15) is 49.8 Å². The van der Waals surface area contributed by atoms with Crippen molar-refractivity contribution in [3.05, 3.63) is 84.4 Å². The number of aromatic nitrogens is 2. The van der Waals surface area contributed by atoms with Crippen LogP contribution in [0.2, 0.25) is 0 Å². The van der Waals surface area contributed by atoms with Gasteiger partial charge in [0.2, 0.25) is 5.91 Å². The fraction of sp³-hybridized carbons (Fsp3) is 0.273. The van der Waals surface area contributed by atoms with Crippen molar-refractivity contribution in [2.75, 3.05) is 0 Å². The summed E-state index contributed by atoms with van der Waals surface area (Å²) >= 11 is 0. The minimum atomic E-state index is -0.103. The Labute approximate surface area is 154 Å². The summed E-state index contributed by atoms with van der Waals surface area (Å²) in [7, 11) is 0. The number of nitrogens with one attached hydrogen (secondary N) is 1. The molecule has 1 aromatic heterocycles. The molecule has 26 heavy (non-hydrogen) atoms. The second-order valence-corrected chi connectivity index (χ2v) is 6.54. The fourth-order valence-corrected chi connectivity index (χ4v) is 3.17. The van der Waals surface area contributed by atoms with Gasteiger partial charge < -0.3 is 9.88 Å². The molecule has 1 amide bonds. The number of rotatable bonds is 7. The van der Waals surface area contributed by atoms with Gasteiger partial charge in [0.1, 0.15) is 0 Å². The molecule has 2 aromatic carbocycles. The van der Waals surface area contributed by atoms with Gasteiger partial charge in [-0.1, -0.05) is 55.8 Å². The number of imidazole rings is 1. The second-order valence-electron chi connectivity index (χ2n) is 6.54. The topological polar surface area (TPSA) is 46.9 Å². The van der Waals surface area contributed by atoms with Gasteiger partial charge in [-0.05, 0) is 36.6 Å². The van der Waals surface area contributed by atoms with Crippen LogP contribution in [0.4, 0.5) is 0 Å². The number of nitrogens with zero attached hydrogens (tertiary/aromatic N) is 2. The van der Waals surface area contributed by atoms with E-state index in [4.69, 9.17) is 0 Å². The van der Waals surface area contributed by atoms with Crippen LogP contribution in [0, 0.1) is 0 Å². The Bertz CT molecular complexity index is 810. The van der Waals surface area contributed by atoms with Crippen molar-refractivity contribution in [2.24, 2.45) is 0 Å². The van der Waals surface area contributed by atoms with E-state index in [9.17, 15) is 4.79 Å². The molecule has 0 aliphatic carbocycles. The number of amides is 1. The van der Waals surface area contributed by atoms with Gasteiger partial charge in [-0.25, -0.2) is 4.98 Å². The first-order chi connectivity index (χ1) is 12.7. The highest BCUT2D eigenvalue weighted by Crippen LogP contribution is 2.23. The predicted molar refractivity (Wildman–Crippen MR) is 104 cm³/mol. The highest BCUT2D eigenvalue weighted by Gasteiger charge is 2.21. The Hall–Kier alpha value is -2.88. The first kappa shape index (κ1) is 17.9. The average Bonchev–Trinajstić information content (AvgIpc) is 3.21. The normalized spacial score (nSPS) is 13.2. The van der Waals surface area contributed by atoms with Gasteiger partial charge in [0, 0.05) is 18.1 Å². The molecule has 2 unspecified atom stereocenters. The van der Waals surface area contributed by atoms with Gasteiger partial charge in [-0.2, -0.15) is 0 Å². The lowest BCUT2D eigenvalue weighted by molar-refractivity contribution is -0.123. The zero-order valence-electron chi connectivity index (χ0n) is 15.3. The van der Waals surface area contributed by atoms with E-state index in [1.165, 1.54) is 0 Å². The summed E-state index contributed by atoms with van der Waals surface area (Å²) in [6, 6.07) is 18.2. The van der Waals surface area contributed by atoms with Gasteiger partial charge in [-0.3, -0.25) is 4.79 Å². The van der Waals surface area contributed by atoms with Gasteiger partial charge in [-0.15, -0.1) is 0 Å². The van der Waals surface area contributed by atoms with E-state index in [1.807, 2.05) is 60.2 Å². The molecule has 2 atom stereocenters. The van der Waals surface area contributed by atoms with Gasteiger partial charge in [0.15, 0.2) is 0 Å². The molecule has 0 saturated heterocycles. The molecule has 0 aliphatic rings. The lowest BCUT2D eigenvalue weighted by atomic mass is 9.93. The minimum Gasteiger partial charge on any atom is -0.349 e. The van der Waals surface area contributed by atoms with Crippen molar-refractivity contribution in [3.63, 3.8) is 0 Å². The van der Waals surface area contributed by atoms with E-state index < -0.39 is 0 Å². The first-order valence-electron chi connectivity index (χ1n) is 9.12. The molecule has 0 bridgehead atoms. The van der Waals surface area contributed by atoms with Crippen molar-refractivity contribution in [1.29, 1.82) is 0 Å². The molecule has 0 radical (unpaired) electrons. The van der Waals surface area contributed by atoms with Crippen LogP contribution in [0.3, 0.4) is 0 Å². The maximum atomic E-state index is 12.8. The number of carbonyl (C=O) groups is 1. The van der Waals surface area contributed by atoms with Crippen LogP contribution in [0.15, 0.2) is 73.3 Å². The van der Waals surface area contributed by atoms with Crippen LogP contribution in [-0.4, -0.2) is 15.5 Å². The minimum absolute atomic E-state index is 0.0394. The molecule has 3 rings (SSSR count). The quantitative estimate of drug-likeness (QED) is 0.677.